The molecule has 1 rings (SSSR count). The molecule has 2 atom stereocenters. The third kappa shape index (κ3) is 2.74. The van der Waals surface area contributed by atoms with Gasteiger partial charge in [0.2, 0.25) is 0 Å². The van der Waals surface area contributed by atoms with Crippen molar-refractivity contribution in [3.05, 3.63) is 27.7 Å². The van der Waals surface area contributed by atoms with Crippen molar-refractivity contribution in [2.45, 2.75) is 12.2 Å². The largest absolute Gasteiger partial charge is 0.397 e. The molecule has 0 spiro atoms. The standard InChI is InChI=1S/C9H12Cl2N2O2/c10-4-1-5(8(13)6(11)2-4)9(15)7(14)3-12/h1-2,7,9,14-15H,3,12-13H2. The van der Waals surface area contributed by atoms with Crippen molar-refractivity contribution >= 4 is 28.9 Å². The zero-order chi connectivity index (χ0) is 11.6. The molecule has 1 aromatic carbocycles. The molecule has 0 fully saturated rings. The van der Waals surface area contributed by atoms with Crippen LogP contribution in [0.3, 0.4) is 0 Å². The summed E-state index contributed by atoms with van der Waals surface area (Å²) in [4.78, 5) is 0. The van der Waals surface area contributed by atoms with Gasteiger partial charge in [-0.1, -0.05) is 23.2 Å². The first-order chi connectivity index (χ1) is 6.97. The van der Waals surface area contributed by atoms with Gasteiger partial charge in [0.05, 0.1) is 16.8 Å². The molecule has 0 bridgehead atoms. The Morgan fingerprint density at radius 2 is 1.87 bits per heavy atom. The van der Waals surface area contributed by atoms with Crippen molar-refractivity contribution in [1.82, 2.24) is 0 Å². The Balaban J connectivity index is 3.13. The molecule has 15 heavy (non-hydrogen) atoms. The van der Waals surface area contributed by atoms with Crippen LogP contribution < -0.4 is 11.5 Å². The molecule has 0 saturated carbocycles. The van der Waals surface area contributed by atoms with Gasteiger partial charge >= 0.3 is 0 Å². The maximum atomic E-state index is 9.69. The Labute approximate surface area is 97.4 Å². The second-order valence-corrected chi connectivity index (χ2v) is 3.98. The quantitative estimate of drug-likeness (QED) is 0.601. The first kappa shape index (κ1) is 12.5. The zero-order valence-corrected chi connectivity index (χ0v) is 9.33. The van der Waals surface area contributed by atoms with Gasteiger partial charge in [0.15, 0.2) is 0 Å². The van der Waals surface area contributed by atoms with E-state index in [1.54, 1.807) is 0 Å². The molecule has 6 heteroatoms. The summed E-state index contributed by atoms with van der Waals surface area (Å²) in [7, 11) is 0. The van der Waals surface area contributed by atoms with Crippen molar-refractivity contribution in [2.24, 2.45) is 5.73 Å². The minimum Gasteiger partial charge on any atom is -0.397 e. The summed E-state index contributed by atoms with van der Waals surface area (Å²) in [6.45, 7) is -0.0786. The van der Waals surface area contributed by atoms with E-state index in [4.69, 9.17) is 34.7 Å². The smallest absolute Gasteiger partial charge is 0.108 e. The highest BCUT2D eigenvalue weighted by atomic mass is 35.5. The van der Waals surface area contributed by atoms with Crippen LogP contribution in [0.5, 0.6) is 0 Å². The van der Waals surface area contributed by atoms with Crippen LogP contribution in [-0.4, -0.2) is 22.9 Å². The average Bonchev–Trinajstić information content (AvgIpc) is 2.21. The molecular formula is C9H12Cl2N2O2. The van der Waals surface area contributed by atoms with E-state index in [0.717, 1.165) is 0 Å². The molecule has 0 aliphatic carbocycles. The van der Waals surface area contributed by atoms with Gasteiger partial charge in [-0.25, -0.2) is 0 Å². The monoisotopic (exact) mass is 250 g/mol. The lowest BCUT2D eigenvalue weighted by molar-refractivity contribution is 0.0248. The fourth-order valence-electron chi connectivity index (χ4n) is 1.19. The number of aliphatic hydroxyl groups is 2. The molecule has 0 saturated heterocycles. The van der Waals surface area contributed by atoms with Crippen molar-refractivity contribution < 1.29 is 10.2 Å². The second kappa shape index (κ2) is 5.01. The lowest BCUT2D eigenvalue weighted by Gasteiger charge is -2.19. The van der Waals surface area contributed by atoms with Gasteiger partial charge in [0, 0.05) is 17.1 Å². The number of nitrogens with two attached hydrogens (primary N) is 2. The molecule has 1 aromatic rings. The van der Waals surface area contributed by atoms with Crippen LogP contribution in [0.2, 0.25) is 10.0 Å². The summed E-state index contributed by atoms with van der Waals surface area (Å²) in [5.74, 6) is 0. The van der Waals surface area contributed by atoms with Crippen molar-refractivity contribution in [3.63, 3.8) is 0 Å². The van der Waals surface area contributed by atoms with Crippen LogP contribution >= 0.6 is 23.2 Å². The summed E-state index contributed by atoms with van der Waals surface area (Å²) < 4.78 is 0. The normalized spacial score (nSPS) is 15.0. The topological polar surface area (TPSA) is 92.5 Å². The SMILES string of the molecule is NCC(O)C(O)c1cc(Cl)cc(Cl)c1N. The summed E-state index contributed by atoms with van der Waals surface area (Å²) in [6, 6.07) is 2.91. The van der Waals surface area contributed by atoms with Crippen molar-refractivity contribution in [3.8, 4) is 0 Å². The van der Waals surface area contributed by atoms with E-state index in [-0.39, 0.29) is 22.8 Å². The van der Waals surface area contributed by atoms with E-state index < -0.39 is 12.2 Å². The van der Waals surface area contributed by atoms with E-state index in [2.05, 4.69) is 0 Å². The highest BCUT2D eigenvalue weighted by molar-refractivity contribution is 6.36. The maximum absolute atomic E-state index is 9.69. The fourth-order valence-corrected chi connectivity index (χ4v) is 1.69. The number of aliphatic hydroxyl groups excluding tert-OH is 2. The molecule has 84 valence electrons. The number of halogens is 2. The Hall–Kier alpha value is -0.520. The van der Waals surface area contributed by atoms with E-state index in [1.165, 1.54) is 12.1 Å². The Morgan fingerprint density at radius 1 is 1.27 bits per heavy atom. The minimum atomic E-state index is -1.19. The summed E-state index contributed by atoms with van der Waals surface area (Å²) in [5, 5.41) is 19.6. The van der Waals surface area contributed by atoms with Crippen LogP contribution in [-0.2, 0) is 0 Å². The molecule has 0 radical (unpaired) electrons. The average molecular weight is 251 g/mol. The number of benzene rings is 1. The summed E-state index contributed by atoms with van der Waals surface area (Å²) >= 11 is 11.5. The molecule has 0 aromatic heterocycles. The molecule has 0 amide bonds. The third-order valence-electron chi connectivity index (χ3n) is 2.05. The van der Waals surface area contributed by atoms with Crippen LogP contribution in [0.1, 0.15) is 11.7 Å². The van der Waals surface area contributed by atoms with Gasteiger partial charge in [0.25, 0.3) is 0 Å². The number of anilines is 1. The predicted molar refractivity (Wildman–Crippen MR) is 60.9 cm³/mol. The Kier molecular flexibility index (Phi) is 4.19. The zero-order valence-electron chi connectivity index (χ0n) is 7.82. The van der Waals surface area contributed by atoms with Crippen molar-refractivity contribution in [1.29, 1.82) is 0 Å². The first-order valence-corrected chi connectivity index (χ1v) is 5.03. The second-order valence-electron chi connectivity index (χ2n) is 3.14. The summed E-state index contributed by atoms with van der Waals surface area (Å²) in [6.07, 6.45) is -2.28. The van der Waals surface area contributed by atoms with E-state index in [9.17, 15) is 10.2 Å². The van der Waals surface area contributed by atoms with Gasteiger partial charge in [-0.2, -0.15) is 0 Å². The number of hydrogen-bond donors (Lipinski definition) is 4. The molecule has 6 N–H and O–H groups in total. The molecule has 4 nitrogen and oxygen atoms in total. The fraction of sp³-hybridized carbons (Fsp3) is 0.333. The van der Waals surface area contributed by atoms with Gasteiger partial charge in [-0.05, 0) is 12.1 Å². The highest BCUT2D eigenvalue weighted by Crippen LogP contribution is 2.32. The van der Waals surface area contributed by atoms with Gasteiger partial charge in [-0.3, -0.25) is 0 Å². The lowest BCUT2D eigenvalue weighted by atomic mass is 10.0. The maximum Gasteiger partial charge on any atom is 0.108 e. The minimum absolute atomic E-state index is 0.0786. The van der Waals surface area contributed by atoms with Crippen LogP contribution in [0, 0.1) is 0 Å². The molecule has 0 heterocycles. The third-order valence-corrected chi connectivity index (χ3v) is 2.58. The van der Waals surface area contributed by atoms with Crippen LogP contribution in [0.4, 0.5) is 5.69 Å². The summed E-state index contributed by atoms with van der Waals surface area (Å²) in [5.41, 5.74) is 11.3. The van der Waals surface area contributed by atoms with Crippen LogP contribution in [0.15, 0.2) is 12.1 Å². The molecule has 0 aliphatic heterocycles. The first-order valence-electron chi connectivity index (χ1n) is 4.28. The number of hydrogen-bond acceptors (Lipinski definition) is 4. The Morgan fingerprint density at radius 3 is 2.40 bits per heavy atom. The van der Waals surface area contributed by atoms with Crippen LogP contribution in [0.25, 0.3) is 0 Å². The molecule has 0 aliphatic rings. The molecular weight excluding hydrogens is 239 g/mol. The van der Waals surface area contributed by atoms with Crippen molar-refractivity contribution in [2.75, 3.05) is 12.3 Å². The van der Waals surface area contributed by atoms with E-state index in [0.29, 0.717) is 5.02 Å². The van der Waals surface area contributed by atoms with E-state index in [1.807, 2.05) is 0 Å². The van der Waals surface area contributed by atoms with Gasteiger partial charge in [-0.15, -0.1) is 0 Å². The van der Waals surface area contributed by atoms with Gasteiger partial charge < -0.3 is 21.7 Å². The Bertz CT molecular complexity index is 360. The number of rotatable bonds is 3. The molecule has 2 unspecified atom stereocenters. The number of nitrogen functional groups attached to an aromatic ring is 1. The van der Waals surface area contributed by atoms with E-state index >= 15 is 0 Å². The predicted octanol–water partition coefficient (Wildman–Crippen LogP) is 0.929. The highest BCUT2D eigenvalue weighted by Gasteiger charge is 2.20. The van der Waals surface area contributed by atoms with Gasteiger partial charge in [0.1, 0.15) is 6.10 Å². The lowest BCUT2D eigenvalue weighted by Crippen LogP contribution is -2.27.